The lowest BCUT2D eigenvalue weighted by molar-refractivity contribution is -0.161. The number of hydrogen-bond donors (Lipinski definition) is 4. The molecule has 12 nitrogen and oxygen atoms in total. The first kappa shape index (κ1) is 30.4. The van der Waals surface area contributed by atoms with Gasteiger partial charge in [-0.05, 0) is 50.2 Å². The summed E-state index contributed by atoms with van der Waals surface area (Å²) in [7, 11) is -4.71. The number of amidine groups is 1. The lowest BCUT2D eigenvalue weighted by Gasteiger charge is -2.12. The molecule has 42 heavy (non-hydrogen) atoms. The van der Waals surface area contributed by atoms with E-state index in [1.54, 1.807) is 60.7 Å². The molecule has 0 aliphatic heterocycles. The van der Waals surface area contributed by atoms with E-state index in [2.05, 4.69) is 26.2 Å². The number of benzene rings is 4. The van der Waals surface area contributed by atoms with E-state index >= 15 is 0 Å². The van der Waals surface area contributed by atoms with Crippen LogP contribution < -0.4 is 10.9 Å². The van der Waals surface area contributed by atoms with Gasteiger partial charge in [-0.15, -0.1) is 19.6 Å². The van der Waals surface area contributed by atoms with Crippen LogP contribution in [0.3, 0.4) is 0 Å². The fourth-order valence-electron chi connectivity index (χ4n) is 3.44. The summed E-state index contributed by atoms with van der Waals surface area (Å²) in [6.07, 6.45) is 0.664. The number of nitrogens with zero attached hydrogens (tertiary/aromatic N) is 3. The number of hydrazone groups is 1. The van der Waals surface area contributed by atoms with Crippen LogP contribution in [0.2, 0.25) is 0 Å². The van der Waals surface area contributed by atoms with Crippen molar-refractivity contribution >= 4 is 51.3 Å². The molecule has 4 rings (SSSR count). The Labute approximate surface area is 246 Å². The number of aromatic hydroxyl groups is 1. The van der Waals surface area contributed by atoms with Crippen molar-refractivity contribution in [1.29, 1.82) is 0 Å². The van der Waals surface area contributed by atoms with Crippen LogP contribution in [0.4, 0.5) is 17.1 Å². The highest BCUT2D eigenvalue weighted by Gasteiger charge is 2.18. The van der Waals surface area contributed by atoms with E-state index in [-0.39, 0.29) is 17.2 Å². The summed E-state index contributed by atoms with van der Waals surface area (Å²) in [4.78, 5) is 16.6. The number of hydrogen-bond acceptors (Lipinski definition) is 11. The van der Waals surface area contributed by atoms with Crippen molar-refractivity contribution < 1.29 is 32.2 Å². The quantitative estimate of drug-likeness (QED) is 0.0139. The summed E-state index contributed by atoms with van der Waals surface area (Å²) in [5, 5.41) is 23.3. The monoisotopic (exact) mass is 607 g/mol. The van der Waals surface area contributed by atoms with Gasteiger partial charge in [0, 0.05) is 16.0 Å². The molecule has 0 amide bonds. The molecule has 0 unspecified atom stereocenters. The van der Waals surface area contributed by atoms with Gasteiger partial charge in [0.1, 0.15) is 11.4 Å². The molecule has 0 aromatic heterocycles. The summed E-state index contributed by atoms with van der Waals surface area (Å²) in [5.74, 6) is -0.477. The average Bonchev–Trinajstić information content (AvgIpc) is 2.98. The zero-order chi connectivity index (χ0) is 30.1. The summed E-state index contributed by atoms with van der Waals surface area (Å²) in [6, 6.07) is 23.0. The molecular weight excluding hydrogens is 582 g/mol. The van der Waals surface area contributed by atoms with E-state index in [9.17, 15) is 22.9 Å². The third-order valence-electron chi connectivity index (χ3n) is 5.59. The smallest absolute Gasteiger partial charge is 0.294 e. The molecule has 0 aliphatic rings. The van der Waals surface area contributed by atoms with Gasteiger partial charge in [-0.2, -0.15) is 13.5 Å². The molecule has 0 aliphatic carbocycles. The Hall–Kier alpha value is -4.60. The first-order valence-corrected chi connectivity index (χ1v) is 14.4. The Morgan fingerprint density at radius 3 is 2.31 bits per heavy atom. The molecule has 0 saturated carbocycles. The number of rotatable bonds is 11. The predicted molar refractivity (Wildman–Crippen MR) is 158 cm³/mol. The molecule has 0 saturated heterocycles. The third-order valence-corrected chi connectivity index (χ3v) is 7.03. The fourth-order valence-corrected chi connectivity index (χ4v) is 4.37. The number of carbonyl (C=O) groups excluding carboxylic acids is 1. The maximum atomic E-state index is 11.9. The lowest BCUT2D eigenvalue weighted by Crippen LogP contribution is -2.06. The summed E-state index contributed by atoms with van der Waals surface area (Å²) in [5.41, 5.74) is 7.46. The number of phenolic OH excluding ortho intramolecular Hbond substituents is 1. The Bertz CT molecular complexity index is 1730. The van der Waals surface area contributed by atoms with Gasteiger partial charge >= 0.3 is 0 Å². The van der Waals surface area contributed by atoms with Crippen LogP contribution in [-0.4, -0.2) is 30.2 Å². The van der Waals surface area contributed by atoms with Crippen molar-refractivity contribution in [3.8, 4) is 5.75 Å². The Morgan fingerprint density at radius 2 is 1.62 bits per heavy atom. The largest absolute Gasteiger partial charge is 0.504 e. The van der Waals surface area contributed by atoms with Crippen LogP contribution >= 0.6 is 12.0 Å². The van der Waals surface area contributed by atoms with E-state index < -0.39 is 20.8 Å². The standard InChI is InChI=1S/C28H25N5O7S2/c1-18-8-11-22(12-9-18)41-40-39-33-26-16-23(42(36,37)38)15-25(27(26)35)30-32-28(20-6-4-3-5-7-20)31-29-24-13-10-19(2)14-21(24)17-34/h3-17,30,33,35H,1-2H3,(H,36,37,38)/b31-29?,32-28-. The predicted octanol–water partition coefficient (Wildman–Crippen LogP) is 6.61. The van der Waals surface area contributed by atoms with Gasteiger partial charge in [-0.25, -0.2) is 5.48 Å². The Kier molecular flexibility index (Phi) is 10.0. The second-order valence-corrected chi connectivity index (χ2v) is 11.0. The second-order valence-electron chi connectivity index (χ2n) is 8.79. The number of aldehydes is 1. The zero-order valence-corrected chi connectivity index (χ0v) is 23.9. The fraction of sp³-hybridized carbons (Fsp3) is 0.0714. The minimum atomic E-state index is -4.71. The van der Waals surface area contributed by atoms with Gasteiger partial charge in [-0.1, -0.05) is 59.7 Å². The van der Waals surface area contributed by atoms with Gasteiger partial charge in [0.15, 0.2) is 12.0 Å². The number of aryl methyl sites for hydroxylation is 2. The normalized spacial score (nSPS) is 11.9. The van der Waals surface area contributed by atoms with Crippen molar-refractivity contribution in [2.75, 3.05) is 10.9 Å². The molecule has 0 fully saturated rings. The van der Waals surface area contributed by atoms with E-state index in [0.717, 1.165) is 40.2 Å². The van der Waals surface area contributed by atoms with Crippen molar-refractivity contribution in [3.05, 3.63) is 107 Å². The molecule has 216 valence electrons. The first-order chi connectivity index (χ1) is 20.1. The van der Waals surface area contributed by atoms with Crippen LogP contribution in [0.25, 0.3) is 0 Å². The maximum absolute atomic E-state index is 11.9. The zero-order valence-electron chi connectivity index (χ0n) is 22.3. The number of phenols is 1. The van der Waals surface area contributed by atoms with Crippen LogP contribution in [-0.2, 0) is 19.4 Å². The van der Waals surface area contributed by atoms with Crippen molar-refractivity contribution in [2.24, 2.45) is 15.3 Å². The van der Waals surface area contributed by atoms with Crippen LogP contribution in [0.1, 0.15) is 27.0 Å². The number of carbonyl (C=O) groups is 1. The highest BCUT2D eigenvalue weighted by Crippen LogP contribution is 2.36. The Balaban J connectivity index is 1.61. The summed E-state index contributed by atoms with van der Waals surface area (Å²) in [6.45, 7) is 3.78. The number of anilines is 2. The molecule has 0 atom stereocenters. The number of nitrogens with one attached hydrogen (secondary N) is 2. The van der Waals surface area contributed by atoms with Crippen molar-refractivity contribution in [1.82, 2.24) is 0 Å². The van der Waals surface area contributed by atoms with Gasteiger partial charge < -0.3 is 5.11 Å². The summed E-state index contributed by atoms with van der Waals surface area (Å²) >= 11 is 0.871. The van der Waals surface area contributed by atoms with Crippen LogP contribution in [0.15, 0.2) is 110 Å². The molecule has 4 N–H and O–H groups in total. The van der Waals surface area contributed by atoms with Crippen LogP contribution in [0, 0.1) is 13.8 Å². The average molecular weight is 608 g/mol. The van der Waals surface area contributed by atoms with Crippen LogP contribution in [0.5, 0.6) is 5.75 Å². The van der Waals surface area contributed by atoms with Gasteiger partial charge in [0.05, 0.1) is 22.6 Å². The highest BCUT2D eigenvalue weighted by atomic mass is 32.2. The van der Waals surface area contributed by atoms with E-state index in [0.29, 0.717) is 23.1 Å². The molecule has 4 aromatic carbocycles. The lowest BCUT2D eigenvalue weighted by atomic mass is 10.1. The molecule has 0 spiro atoms. The van der Waals surface area contributed by atoms with Gasteiger partial charge in [0.25, 0.3) is 10.1 Å². The van der Waals surface area contributed by atoms with Crippen molar-refractivity contribution in [3.63, 3.8) is 0 Å². The van der Waals surface area contributed by atoms with Crippen molar-refractivity contribution in [2.45, 2.75) is 23.6 Å². The molecule has 14 heteroatoms. The SMILES string of the molecule is Cc1ccc(SOONc2cc(S(=O)(=O)O)cc(N/N=C(\N=Nc3ccc(C)cc3C=O)c3ccccc3)c2O)cc1. The van der Waals surface area contributed by atoms with E-state index in [1.807, 2.05) is 26.0 Å². The molecule has 0 bridgehead atoms. The highest BCUT2D eigenvalue weighted by molar-refractivity contribution is 7.94. The molecule has 4 aromatic rings. The second kappa shape index (κ2) is 13.8. The van der Waals surface area contributed by atoms with Gasteiger partial charge in [-0.3, -0.25) is 14.8 Å². The first-order valence-electron chi connectivity index (χ1n) is 12.2. The molecule has 0 heterocycles. The summed E-state index contributed by atoms with van der Waals surface area (Å²) < 4.78 is 38.6. The van der Waals surface area contributed by atoms with E-state index in [1.165, 1.54) is 0 Å². The molecule has 0 radical (unpaired) electrons. The molecular formula is C28H25N5O7S2. The minimum Gasteiger partial charge on any atom is -0.504 e. The number of azo groups is 1. The maximum Gasteiger partial charge on any atom is 0.294 e. The third kappa shape index (κ3) is 8.22. The minimum absolute atomic E-state index is 0.0354. The van der Waals surface area contributed by atoms with Gasteiger partial charge in [0.2, 0.25) is 5.84 Å². The Morgan fingerprint density at radius 1 is 0.929 bits per heavy atom. The van der Waals surface area contributed by atoms with E-state index in [4.69, 9.17) is 9.32 Å². The topological polar surface area (TPSA) is 171 Å².